The van der Waals surface area contributed by atoms with E-state index in [4.69, 9.17) is 9.47 Å². The van der Waals surface area contributed by atoms with Crippen molar-refractivity contribution in [1.82, 2.24) is 9.78 Å². The molecule has 0 bridgehead atoms. The van der Waals surface area contributed by atoms with Gasteiger partial charge in [-0.15, -0.1) is 0 Å². The summed E-state index contributed by atoms with van der Waals surface area (Å²) in [5, 5.41) is 4.72. The summed E-state index contributed by atoms with van der Waals surface area (Å²) < 4.78 is 10.9. The highest BCUT2D eigenvalue weighted by atomic mass is 16.6. The highest BCUT2D eigenvalue weighted by molar-refractivity contribution is 6.02. The number of ether oxygens (including phenoxy) is 2. The number of rotatable bonds is 2. The molecule has 0 aliphatic carbocycles. The van der Waals surface area contributed by atoms with E-state index >= 15 is 0 Å². The Hall–Kier alpha value is -2.70. The van der Waals surface area contributed by atoms with Crippen molar-refractivity contribution in [3.05, 3.63) is 40.3 Å². The SMILES string of the molecule is Cn1nc(C(=O)O[C@@H]2CCOC2=O)c2ccccc2c1=O. The number of aromatic nitrogens is 2. The monoisotopic (exact) mass is 288 g/mol. The van der Waals surface area contributed by atoms with Crippen LogP contribution in [-0.4, -0.2) is 34.4 Å². The van der Waals surface area contributed by atoms with Crippen LogP contribution < -0.4 is 5.56 Å². The zero-order valence-electron chi connectivity index (χ0n) is 11.2. The molecule has 3 rings (SSSR count). The molecular formula is C14H12N2O5. The zero-order valence-corrected chi connectivity index (χ0v) is 11.2. The van der Waals surface area contributed by atoms with Crippen LogP contribution in [-0.2, 0) is 21.3 Å². The molecule has 1 aromatic carbocycles. The Morgan fingerprint density at radius 1 is 1.33 bits per heavy atom. The van der Waals surface area contributed by atoms with Crippen molar-refractivity contribution in [2.24, 2.45) is 7.05 Å². The van der Waals surface area contributed by atoms with Crippen LogP contribution >= 0.6 is 0 Å². The number of esters is 2. The zero-order chi connectivity index (χ0) is 15.0. The molecule has 1 aromatic heterocycles. The Morgan fingerprint density at radius 2 is 2.05 bits per heavy atom. The Morgan fingerprint density at radius 3 is 2.71 bits per heavy atom. The maximum atomic E-state index is 12.2. The number of carbonyl (C=O) groups excluding carboxylic acids is 2. The average Bonchev–Trinajstić information content (AvgIpc) is 2.88. The summed E-state index contributed by atoms with van der Waals surface area (Å²) in [7, 11) is 1.45. The number of benzene rings is 1. The Bertz CT molecular complexity index is 796. The van der Waals surface area contributed by atoms with Crippen molar-refractivity contribution in [3.8, 4) is 0 Å². The lowest BCUT2D eigenvalue weighted by Crippen LogP contribution is -2.27. The fraction of sp³-hybridized carbons (Fsp3) is 0.286. The molecule has 1 aliphatic rings. The summed E-state index contributed by atoms with van der Waals surface area (Å²) >= 11 is 0. The van der Waals surface area contributed by atoms with Crippen LogP contribution in [0.1, 0.15) is 16.9 Å². The number of carbonyl (C=O) groups is 2. The molecule has 0 saturated carbocycles. The minimum atomic E-state index is -0.907. The second-order valence-electron chi connectivity index (χ2n) is 4.67. The molecule has 7 nitrogen and oxygen atoms in total. The molecule has 1 saturated heterocycles. The summed E-state index contributed by atoms with van der Waals surface area (Å²) in [4.78, 5) is 35.5. The average molecular weight is 288 g/mol. The molecular weight excluding hydrogens is 276 g/mol. The van der Waals surface area contributed by atoms with Crippen molar-refractivity contribution >= 4 is 22.7 Å². The van der Waals surface area contributed by atoms with Gasteiger partial charge >= 0.3 is 11.9 Å². The normalized spacial score (nSPS) is 17.8. The topological polar surface area (TPSA) is 87.5 Å². The molecule has 2 heterocycles. The van der Waals surface area contributed by atoms with Crippen molar-refractivity contribution in [3.63, 3.8) is 0 Å². The van der Waals surface area contributed by atoms with Crippen molar-refractivity contribution in [2.75, 3.05) is 6.61 Å². The van der Waals surface area contributed by atoms with Crippen LogP contribution in [0.3, 0.4) is 0 Å². The van der Waals surface area contributed by atoms with Gasteiger partial charge in [-0.25, -0.2) is 14.3 Å². The molecule has 0 radical (unpaired) electrons. The molecule has 0 amide bonds. The summed E-state index contributed by atoms with van der Waals surface area (Å²) in [6.45, 7) is 0.234. The van der Waals surface area contributed by atoms with Gasteiger partial charge in [0, 0.05) is 18.9 Å². The quantitative estimate of drug-likeness (QED) is 0.744. The maximum absolute atomic E-state index is 12.2. The number of nitrogens with zero attached hydrogens (tertiary/aromatic N) is 2. The van der Waals surface area contributed by atoms with Gasteiger partial charge in [0.15, 0.2) is 5.69 Å². The second-order valence-corrected chi connectivity index (χ2v) is 4.67. The third-order valence-electron chi connectivity index (χ3n) is 3.29. The lowest BCUT2D eigenvalue weighted by Gasteiger charge is -2.10. The van der Waals surface area contributed by atoms with E-state index in [0.29, 0.717) is 17.2 Å². The number of fused-ring (bicyclic) bond motifs is 1. The number of hydrogen-bond donors (Lipinski definition) is 0. The standard InChI is InChI=1S/C14H12N2O5/c1-16-12(17)9-5-3-2-4-8(9)11(15-16)14(19)21-10-6-7-20-13(10)18/h2-5,10H,6-7H2,1H3/t10-/m1/s1. The maximum Gasteiger partial charge on any atom is 0.360 e. The Labute approximate surface area is 119 Å². The fourth-order valence-corrected chi connectivity index (χ4v) is 2.22. The molecule has 2 aromatic rings. The molecule has 0 unspecified atom stereocenters. The molecule has 1 aliphatic heterocycles. The van der Waals surface area contributed by atoms with Crippen LogP contribution in [0.2, 0.25) is 0 Å². The predicted octanol–water partition coefficient (Wildman–Crippen LogP) is 0.406. The second kappa shape index (κ2) is 5.01. The summed E-state index contributed by atoms with van der Waals surface area (Å²) in [5.74, 6) is -1.30. The van der Waals surface area contributed by atoms with Gasteiger partial charge in [-0.05, 0) is 6.07 Å². The van der Waals surface area contributed by atoms with Gasteiger partial charge in [-0.3, -0.25) is 4.79 Å². The summed E-state index contributed by atoms with van der Waals surface area (Å²) in [6, 6.07) is 6.63. The van der Waals surface area contributed by atoms with E-state index in [2.05, 4.69) is 5.10 Å². The molecule has 0 N–H and O–H groups in total. The van der Waals surface area contributed by atoms with Crippen molar-refractivity contribution in [2.45, 2.75) is 12.5 Å². The minimum Gasteiger partial charge on any atom is -0.463 e. The smallest absolute Gasteiger partial charge is 0.360 e. The van der Waals surface area contributed by atoms with Crippen LogP contribution in [0.25, 0.3) is 10.8 Å². The van der Waals surface area contributed by atoms with E-state index < -0.39 is 18.0 Å². The highest BCUT2D eigenvalue weighted by Crippen LogP contribution is 2.17. The molecule has 0 spiro atoms. The van der Waals surface area contributed by atoms with Gasteiger partial charge in [0.05, 0.1) is 12.0 Å². The van der Waals surface area contributed by atoms with Crippen molar-refractivity contribution < 1.29 is 19.1 Å². The van der Waals surface area contributed by atoms with Crippen LogP contribution in [0.4, 0.5) is 0 Å². The van der Waals surface area contributed by atoms with E-state index in [1.807, 2.05) is 0 Å². The first-order valence-electron chi connectivity index (χ1n) is 6.41. The third kappa shape index (κ3) is 2.26. The first-order valence-corrected chi connectivity index (χ1v) is 6.41. The van der Waals surface area contributed by atoms with Gasteiger partial charge in [0.1, 0.15) is 0 Å². The van der Waals surface area contributed by atoms with E-state index in [1.54, 1.807) is 24.3 Å². The van der Waals surface area contributed by atoms with E-state index in [0.717, 1.165) is 4.68 Å². The number of hydrogen-bond acceptors (Lipinski definition) is 6. The van der Waals surface area contributed by atoms with Gasteiger partial charge < -0.3 is 9.47 Å². The Kier molecular flexibility index (Phi) is 3.17. The molecule has 21 heavy (non-hydrogen) atoms. The first-order chi connectivity index (χ1) is 10.1. The lowest BCUT2D eigenvalue weighted by molar-refractivity contribution is -0.145. The molecule has 1 atom stereocenters. The van der Waals surface area contributed by atoms with E-state index in [-0.39, 0.29) is 17.9 Å². The van der Waals surface area contributed by atoms with Gasteiger partial charge in [0.2, 0.25) is 6.10 Å². The summed E-state index contributed by atoms with van der Waals surface area (Å²) in [5.41, 5.74) is -0.296. The number of aryl methyl sites for hydroxylation is 1. The fourth-order valence-electron chi connectivity index (χ4n) is 2.22. The molecule has 1 fully saturated rings. The molecule has 7 heteroatoms. The van der Waals surface area contributed by atoms with Crippen molar-refractivity contribution in [1.29, 1.82) is 0 Å². The largest absolute Gasteiger partial charge is 0.463 e. The third-order valence-corrected chi connectivity index (χ3v) is 3.29. The van der Waals surface area contributed by atoms with Crippen LogP contribution in [0.15, 0.2) is 29.1 Å². The van der Waals surface area contributed by atoms with Gasteiger partial charge in [-0.1, -0.05) is 18.2 Å². The molecule has 108 valence electrons. The summed E-state index contributed by atoms with van der Waals surface area (Å²) in [6.07, 6.45) is -0.579. The van der Waals surface area contributed by atoms with Gasteiger partial charge in [0.25, 0.3) is 5.56 Å². The number of cyclic esters (lactones) is 1. The predicted molar refractivity (Wildman–Crippen MR) is 71.8 cm³/mol. The first kappa shape index (κ1) is 13.3. The van der Waals surface area contributed by atoms with E-state index in [9.17, 15) is 14.4 Å². The van der Waals surface area contributed by atoms with Crippen LogP contribution in [0, 0.1) is 0 Å². The Balaban J connectivity index is 2.04. The lowest BCUT2D eigenvalue weighted by atomic mass is 10.1. The highest BCUT2D eigenvalue weighted by Gasteiger charge is 2.31. The minimum absolute atomic E-state index is 0.00685. The van der Waals surface area contributed by atoms with E-state index in [1.165, 1.54) is 7.05 Å². The van der Waals surface area contributed by atoms with Crippen LogP contribution in [0.5, 0.6) is 0 Å². The van der Waals surface area contributed by atoms with Gasteiger partial charge in [-0.2, -0.15) is 5.10 Å².